The molecule has 2 aromatic heterocycles. The SMILES string of the molecule is CN=C(NCc1ccc(OC)nc1)N1CCC(C)C(n2ccnc2)C1. The van der Waals surface area contributed by atoms with Gasteiger partial charge in [-0.1, -0.05) is 13.0 Å². The fourth-order valence-corrected chi connectivity index (χ4v) is 3.24. The van der Waals surface area contributed by atoms with Gasteiger partial charge in [-0.3, -0.25) is 4.99 Å². The lowest BCUT2D eigenvalue weighted by atomic mass is 9.93. The molecule has 1 aliphatic heterocycles. The Balaban J connectivity index is 1.62. The molecule has 0 spiro atoms. The van der Waals surface area contributed by atoms with E-state index >= 15 is 0 Å². The summed E-state index contributed by atoms with van der Waals surface area (Å²) in [6.07, 6.45) is 8.75. The quantitative estimate of drug-likeness (QED) is 0.679. The van der Waals surface area contributed by atoms with E-state index in [2.05, 4.69) is 36.7 Å². The molecule has 2 aromatic rings. The van der Waals surface area contributed by atoms with E-state index in [1.807, 2.05) is 44.1 Å². The number of nitrogens with zero attached hydrogens (tertiary/aromatic N) is 5. The minimum absolute atomic E-state index is 0.414. The number of aromatic nitrogens is 3. The van der Waals surface area contributed by atoms with Crippen LogP contribution in [-0.4, -0.2) is 52.6 Å². The molecule has 7 heteroatoms. The van der Waals surface area contributed by atoms with Crippen LogP contribution >= 0.6 is 0 Å². The molecule has 3 heterocycles. The summed E-state index contributed by atoms with van der Waals surface area (Å²) in [5, 5.41) is 3.44. The van der Waals surface area contributed by atoms with Crippen molar-refractivity contribution >= 4 is 5.96 Å². The third-order valence-corrected chi connectivity index (χ3v) is 4.80. The maximum absolute atomic E-state index is 5.10. The molecular weight excluding hydrogens is 316 g/mol. The molecule has 0 aliphatic carbocycles. The third kappa shape index (κ3) is 4.10. The van der Waals surface area contributed by atoms with Gasteiger partial charge < -0.3 is 19.5 Å². The summed E-state index contributed by atoms with van der Waals surface area (Å²) in [7, 11) is 3.45. The first-order valence-corrected chi connectivity index (χ1v) is 8.63. The van der Waals surface area contributed by atoms with E-state index in [1.165, 1.54) is 0 Å². The number of piperidine rings is 1. The second-order valence-corrected chi connectivity index (χ2v) is 6.40. The van der Waals surface area contributed by atoms with Gasteiger partial charge in [0.25, 0.3) is 0 Å². The minimum atomic E-state index is 0.414. The Morgan fingerprint density at radius 3 is 2.96 bits per heavy atom. The van der Waals surface area contributed by atoms with E-state index in [0.29, 0.717) is 24.4 Å². The summed E-state index contributed by atoms with van der Waals surface area (Å²) >= 11 is 0. The molecule has 1 aliphatic rings. The molecular formula is C18H26N6O. The number of hydrogen-bond donors (Lipinski definition) is 1. The van der Waals surface area contributed by atoms with Gasteiger partial charge in [-0.05, 0) is 17.9 Å². The van der Waals surface area contributed by atoms with Crippen LogP contribution in [0.4, 0.5) is 0 Å². The van der Waals surface area contributed by atoms with Crippen LogP contribution in [0.2, 0.25) is 0 Å². The van der Waals surface area contributed by atoms with Crippen LogP contribution in [0.25, 0.3) is 0 Å². The minimum Gasteiger partial charge on any atom is -0.481 e. The zero-order valence-corrected chi connectivity index (χ0v) is 15.1. The smallest absolute Gasteiger partial charge is 0.212 e. The Labute approximate surface area is 148 Å². The molecule has 2 atom stereocenters. The number of ether oxygens (including phenoxy) is 1. The van der Waals surface area contributed by atoms with Gasteiger partial charge in [0.2, 0.25) is 5.88 Å². The van der Waals surface area contributed by atoms with Gasteiger partial charge in [0, 0.05) is 51.3 Å². The van der Waals surface area contributed by atoms with E-state index in [0.717, 1.165) is 31.0 Å². The largest absolute Gasteiger partial charge is 0.481 e. The fourth-order valence-electron chi connectivity index (χ4n) is 3.24. The van der Waals surface area contributed by atoms with Gasteiger partial charge in [-0.25, -0.2) is 9.97 Å². The number of aliphatic imine (C=N–C) groups is 1. The summed E-state index contributed by atoms with van der Waals surface area (Å²) < 4.78 is 7.30. The van der Waals surface area contributed by atoms with Crippen molar-refractivity contribution in [3.8, 4) is 5.88 Å². The molecule has 1 saturated heterocycles. The summed E-state index contributed by atoms with van der Waals surface area (Å²) in [5.41, 5.74) is 1.10. The third-order valence-electron chi connectivity index (χ3n) is 4.80. The molecule has 0 bridgehead atoms. The average Bonchev–Trinajstić information content (AvgIpc) is 3.18. The lowest BCUT2D eigenvalue weighted by molar-refractivity contribution is 0.189. The van der Waals surface area contributed by atoms with E-state index in [-0.39, 0.29) is 0 Å². The Morgan fingerprint density at radius 1 is 1.44 bits per heavy atom. The molecule has 2 unspecified atom stereocenters. The Hall–Kier alpha value is -2.57. The van der Waals surface area contributed by atoms with Crippen molar-refractivity contribution in [1.29, 1.82) is 0 Å². The van der Waals surface area contributed by atoms with Crippen molar-refractivity contribution in [2.45, 2.75) is 25.9 Å². The van der Waals surface area contributed by atoms with E-state index in [9.17, 15) is 0 Å². The predicted molar refractivity (Wildman–Crippen MR) is 97.6 cm³/mol. The molecule has 1 N–H and O–H groups in total. The molecule has 3 rings (SSSR count). The highest BCUT2D eigenvalue weighted by Crippen LogP contribution is 2.27. The number of pyridine rings is 1. The van der Waals surface area contributed by atoms with Crippen molar-refractivity contribution in [3.63, 3.8) is 0 Å². The van der Waals surface area contributed by atoms with E-state index < -0.39 is 0 Å². The molecule has 25 heavy (non-hydrogen) atoms. The normalized spacial score (nSPS) is 21.2. The van der Waals surface area contributed by atoms with E-state index in [4.69, 9.17) is 4.74 Å². The molecule has 1 fully saturated rings. The lowest BCUT2D eigenvalue weighted by Crippen LogP contribution is -2.48. The number of rotatable bonds is 4. The monoisotopic (exact) mass is 342 g/mol. The number of imidazole rings is 1. The standard InChI is InChI=1S/C18H26N6O/c1-14-6-8-23(12-16(14)24-9-7-20-13-24)18(19-2)22-11-15-4-5-17(25-3)21-10-15/h4-5,7,9-10,13-14,16H,6,8,11-12H2,1-3H3,(H,19,22). The number of nitrogens with one attached hydrogen (secondary N) is 1. The number of likely N-dealkylation sites (tertiary alicyclic amines) is 1. The maximum Gasteiger partial charge on any atom is 0.212 e. The molecule has 0 radical (unpaired) electrons. The van der Waals surface area contributed by atoms with Gasteiger partial charge in [-0.15, -0.1) is 0 Å². The van der Waals surface area contributed by atoms with Gasteiger partial charge in [0.05, 0.1) is 19.5 Å². The second-order valence-electron chi connectivity index (χ2n) is 6.40. The second kappa shape index (κ2) is 8.00. The molecule has 134 valence electrons. The highest BCUT2D eigenvalue weighted by molar-refractivity contribution is 5.80. The highest BCUT2D eigenvalue weighted by atomic mass is 16.5. The van der Waals surface area contributed by atoms with Gasteiger partial charge >= 0.3 is 0 Å². The Morgan fingerprint density at radius 2 is 2.32 bits per heavy atom. The number of guanidine groups is 1. The van der Waals surface area contributed by atoms with Crippen molar-refractivity contribution in [2.24, 2.45) is 10.9 Å². The summed E-state index contributed by atoms with van der Waals surface area (Å²) in [4.78, 5) is 15.2. The first-order chi connectivity index (χ1) is 12.2. The summed E-state index contributed by atoms with van der Waals surface area (Å²) in [6.45, 7) is 4.93. The average molecular weight is 342 g/mol. The Kier molecular flexibility index (Phi) is 5.53. The molecule has 0 amide bonds. The number of methoxy groups -OCH3 is 1. The summed E-state index contributed by atoms with van der Waals surface area (Å²) in [5.74, 6) is 2.17. The van der Waals surface area contributed by atoms with Gasteiger partial charge in [-0.2, -0.15) is 0 Å². The van der Waals surface area contributed by atoms with Crippen molar-refractivity contribution in [1.82, 2.24) is 24.8 Å². The molecule has 0 saturated carbocycles. The lowest BCUT2D eigenvalue weighted by Gasteiger charge is -2.39. The van der Waals surface area contributed by atoms with Crippen molar-refractivity contribution in [2.75, 3.05) is 27.2 Å². The van der Waals surface area contributed by atoms with Crippen LogP contribution in [-0.2, 0) is 6.54 Å². The van der Waals surface area contributed by atoms with Crippen LogP contribution < -0.4 is 10.1 Å². The summed E-state index contributed by atoms with van der Waals surface area (Å²) in [6, 6.07) is 4.30. The first kappa shape index (κ1) is 17.3. The number of hydrogen-bond acceptors (Lipinski definition) is 4. The van der Waals surface area contributed by atoms with Gasteiger partial charge in [0.15, 0.2) is 5.96 Å². The van der Waals surface area contributed by atoms with Crippen LogP contribution in [0, 0.1) is 5.92 Å². The van der Waals surface area contributed by atoms with E-state index in [1.54, 1.807) is 7.11 Å². The first-order valence-electron chi connectivity index (χ1n) is 8.63. The zero-order chi connectivity index (χ0) is 17.6. The van der Waals surface area contributed by atoms with Crippen LogP contribution in [0.5, 0.6) is 5.88 Å². The zero-order valence-electron chi connectivity index (χ0n) is 15.1. The van der Waals surface area contributed by atoms with Gasteiger partial charge in [0.1, 0.15) is 0 Å². The highest BCUT2D eigenvalue weighted by Gasteiger charge is 2.28. The van der Waals surface area contributed by atoms with Crippen molar-refractivity contribution in [3.05, 3.63) is 42.6 Å². The van der Waals surface area contributed by atoms with Crippen LogP contribution in [0.3, 0.4) is 0 Å². The molecule has 0 aromatic carbocycles. The topological polar surface area (TPSA) is 67.6 Å². The predicted octanol–water partition coefficient (Wildman–Crippen LogP) is 1.95. The Bertz CT molecular complexity index is 682. The van der Waals surface area contributed by atoms with Crippen LogP contribution in [0.1, 0.15) is 24.9 Å². The molecule has 7 nitrogen and oxygen atoms in total. The van der Waals surface area contributed by atoms with Crippen LogP contribution in [0.15, 0.2) is 42.0 Å². The maximum atomic E-state index is 5.10. The van der Waals surface area contributed by atoms with Crippen molar-refractivity contribution < 1.29 is 4.74 Å². The fraction of sp³-hybridized carbons (Fsp3) is 0.500.